The molecule has 130 valence electrons. The lowest BCUT2D eigenvalue weighted by Crippen LogP contribution is -2.55. The number of amides is 1. The minimum atomic E-state index is -0.600. The average molecular weight is 340 g/mol. The molecule has 3 N–H and O–H groups in total. The van der Waals surface area contributed by atoms with Gasteiger partial charge in [-0.05, 0) is 58.7 Å². The van der Waals surface area contributed by atoms with Gasteiger partial charge in [-0.3, -0.25) is 4.79 Å². The molecule has 0 aromatic carbocycles. The van der Waals surface area contributed by atoms with Crippen LogP contribution in [0.5, 0.6) is 0 Å². The first-order valence-corrected chi connectivity index (χ1v) is 9.20. The van der Waals surface area contributed by atoms with Crippen LogP contribution in [0.2, 0.25) is 0 Å². The van der Waals surface area contributed by atoms with Gasteiger partial charge in [-0.2, -0.15) is 0 Å². The highest BCUT2D eigenvalue weighted by Crippen LogP contribution is 2.40. The third kappa shape index (κ3) is 4.87. The van der Waals surface area contributed by atoms with E-state index in [1.54, 1.807) is 0 Å². The first kappa shape index (κ1) is 18.6. The molecular weight excluding hydrogens is 311 g/mol. The molecule has 1 saturated heterocycles. The molecule has 0 aromatic rings. The lowest BCUT2D eigenvalue weighted by molar-refractivity contribution is -0.125. The second kappa shape index (κ2) is 7.43. The van der Waals surface area contributed by atoms with E-state index in [1.165, 1.54) is 0 Å². The van der Waals surface area contributed by atoms with Crippen LogP contribution in [-0.4, -0.2) is 48.3 Å². The van der Waals surface area contributed by atoms with Gasteiger partial charge in [0.2, 0.25) is 5.91 Å². The van der Waals surface area contributed by atoms with Crippen LogP contribution in [0.15, 0.2) is 11.4 Å². The van der Waals surface area contributed by atoms with E-state index in [0.29, 0.717) is 5.92 Å². The molecule has 2 heterocycles. The van der Waals surface area contributed by atoms with Gasteiger partial charge in [0.15, 0.2) is 0 Å². The van der Waals surface area contributed by atoms with Crippen LogP contribution < -0.4 is 10.6 Å². The van der Waals surface area contributed by atoms with Crippen molar-refractivity contribution in [3.63, 3.8) is 0 Å². The minimum Gasteiger partial charge on any atom is -0.395 e. The summed E-state index contributed by atoms with van der Waals surface area (Å²) < 4.78 is 5.36. The zero-order chi connectivity index (χ0) is 17.1. The molecule has 2 aliphatic heterocycles. The molecule has 6 heteroatoms. The highest BCUT2D eigenvalue weighted by Gasteiger charge is 2.31. The summed E-state index contributed by atoms with van der Waals surface area (Å²) in [6.07, 6.45) is 4.09. The molecule has 2 aliphatic rings. The summed E-state index contributed by atoms with van der Waals surface area (Å²) in [5.41, 5.74) is 0.0937. The summed E-state index contributed by atoms with van der Waals surface area (Å²) in [6, 6.07) is 0. The Morgan fingerprint density at radius 3 is 2.52 bits per heavy atom. The summed E-state index contributed by atoms with van der Waals surface area (Å²) >= 11 is 0. The highest BCUT2D eigenvalue weighted by molar-refractivity contribution is 7.48. The topological polar surface area (TPSA) is 70.6 Å². The van der Waals surface area contributed by atoms with E-state index in [1.807, 2.05) is 33.8 Å². The molecule has 2 rings (SSSR count). The summed E-state index contributed by atoms with van der Waals surface area (Å²) in [7, 11) is 1.01. The van der Waals surface area contributed by atoms with Crippen molar-refractivity contribution in [2.45, 2.75) is 46.1 Å². The molecule has 0 atom stereocenters. The van der Waals surface area contributed by atoms with Gasteiger partial charge in [0.05, 0.1) is 17.6 Å². The Balaban J connectivity index is 1.79. The van der Waals surface area contributed by atoms with E-state index >= 15 is 0 Å². The predicted octanol–water partition coefficient (Wildman–Crippen LogP) is 1.89. The maximum Gasteiger partial charge on any atom is 0.244 e. The largest absolute Gasteiger partial charge is 0.395 e. The normalized spacial score (nSPS) is 20.4. The number of carbonyl (C=O) groups excluding carboxylic acids is 1. The molecule has 0 spiro atoms. The van der Waals surface area contributed by atoms with Crippen molar-refractivity contribution in [3.05, 3.63) is 11.4 Å². The number of aliphatic hydroxyl groups excluding tert-OH is 1. The van der Waals surface area contributed by atoms with Gasteiger partial charge in [0.25, 0.3) is 0 Å². The van der Waals surface area contributed by atoms with Gasteiger partial charge in [0, 0.05) is 18.6 Å². The molecule has 0 aromatic heterocycles. The Labute approximate surface area is 140 Å². The first-order valence-electron chi connectivity index (χ1n) is 8.30. The SMILES string of the molecule is CC(C)(CO)C1=CC(NC(=O)C(C)(C)NCC2CCOCC2)=P1. The van der Waals surface area contributed by atoms with Crippen molar-refractivity contribution in [3.8, 4) is 0 Å². The number of hydrogen-bond donors (Lipinski definition) is 3. The molecule has 0 saturated carbocycles. The molecule has 0 aliphatic carbocycles. The van der Waals surface area contributed by atoms with Gasteiger partial charge in [0.1, 0.15) is 0 Å². The molecule has 0 unspecified atom stereocenters. The molecule has 0 bridgehead atoms. The van der Waals surface area contributed by atoms with Gasteiger partial charge in [-0.15, -0.1) is 0 Å². The third-order valence-electron chi connectivity index (χ3n) is 4.59. The monoisotopic (exact) mass is 340 g/mol. The Kier molecular flexibility index (Phi) is 6.01. The Morgan fingerprint density at radius 2 is 1.96 bits per heavy atom. The molecule has 1 amide bonds. The van der Waals surface area contributed by atoms with Crippen LogP contribution in [0, 0.1) is 11.3 Å². The van der Waals surface area contributed by atoms with E-state index in [4.69, 9.17) is 4.74 Å². The maximum atomic E-state index is 12.5. The number of rotatable bonds is 7. The van der Waals surface area contributed by atoms with E-state index in [0.717, 1.165) is 51.5 Å². The summed E-state index contributed by atoms with van der Waals surface area (Å²) in [6.45, 7) is 10.4. The van der Waals surface area contributed by atoms with Crippen LogP contribution in [0.1, 0.15) is 40.5 Å². The van der Waals surface area contributed by atoms with Crippen LogP contribution in [0.4, 0.5) is 0 Å². The fraction of sp³-hybridized carbons (Fsp3) is 0.765. The molecule has 23 heavy (non-hydrogen) atoms. The van der Waals surface area contributed by atoms with Gasteiger partial charge >= 0.3 is 0 Å². The number of carbonyl (C=O) groups is 1. The van der Waals surface area contributed by atoms with Crippen molar-refractivity contribution >= 4 is 19.5 Å². The first-order chi connectivity index (χ1) is 10.7. The van der Waals surface area contributed by atoms with Crippen molar-refractivity contribution in [1.29, 1.82) is 0 Å². The Hall–Kier alpha value is -0.740. The second-order valence-corrected chi connectivity index (χ2v) is 8.77. The van der Waals surface area contributed by atoms with Crippen LogP contribution in [0.25, 0.3) is 0 Å². The fourth-order valence-corrected chi connectivity index (χ4v) is 3.43. The Bertz CT molecular complexity index is 506. The van der Waals surface area contributed by atoms with Crippen LogP contribution >= 0.6 is 8.20 Å². The van der Waals surface area contributed by atoms with E-state index in [-0.39, 0.29) is 17.9 Å². The van der Waals surface area contributed by atoms with Gasteiger partial charge in [-0.1, -0.05) is 13.8 Å². The highest BCUT2D eigenvalue weighted by atomic mass is 31.1. The standard InChI is InChI=1S/C17H29N2O3P/c1-16(2,11-20)13-9-14(23-13)19-15(21)17(3,4)18-10-12-5-7-22-8-6-12/h9,12,18,20H,5-8,10-11H2,1-4H3,(H,19,21). The van der Waals surface area contributed by atoms with E-state index < -0.39 is 5.54 Å². The third-order valence-corrected chi connectivity index (χ3v) is 6.04. The maximum absolute atomic E-state index is 12.5. The zero-order valence-electron chi connectivity index (χ0n) is 14.6. The predicted molar refractivity (Wildman–Crippen MR) is 94.6 cm³/mol. The van der Waals surface area contributed by atoms with Gasteiger partial charge in [-0.25, -0.2) is 0 Å². The molecule has 0 radical (unpaired) electrons. The summed E-state index contributed by atoms with van der Waals surface area (Å²) in [4.78, 5) is 12.5. The minimum absolute atomic E-state index is 0.0100. The van der Waals surface area contributed by atoms with Gasteiger partial charge < -0.3 is 20.5 Å². The van der Waals surface area contributed by atoms with Crippen LogP contribution in [0.3, 0.4) is 0 Å². The molecule has 5 nitrogen and oxygen atoms in total. The average Bonchev–Trinajstić information content (AvgIpc) is 2.49. The molecular formula is C17H29N2O3P. The summed E-state index contributed by atoms with van der Waals surface area (Å²) in [5.74, 6) is 0.575. The van der Waals surface area contributed by atoms with Crippen molar-refractivity contribution < 1.29 is 14.6 Å². The zero-order valence-corrected chi connectivity index (χ0v) is 15.5. The van der Waals surface area contributed by atoms with Crippen molar-refractivity contribution in [2.24, 2.45) is 11.3 Å². The lowest BCUT2D eigenvalue weighted by Gasteiger charge is -2.32. The lowest BCUT2D eigenvalue weighted by atomic mass is 9.93. The quantitative estimate of drug-likeness (QED) is 0.619. The van der Waals surface area contributed by atoms with E-state index in [2.05, 4.69) is 10.6 Å². The number of nitrogens with one attached hydrogen (secondary N) is 2. The van der Waals surface area contributed by atoms with Crippen molar-refractivity contribution in [2.75, 3.05) is 26.4 Å². The van der Waals surface area contributed by atoms with Crippen LogP contribution in [-0.2, 0) is 9.53 Å². The second-order valence-electron chi connectivity index (χ2n) is 7.58. The number of aliphatic hydroxyl groups is 1. The number of ether oxygens (including phenoxy) is 1. The fourth-order valence-electron chi connectivity index (χ4n) is 2.45. The van der Waals surface area contributed by atoms with Crippen molar-refractivity contribution in [1.82, 2.24) is 10.6 Å². The number of hydrogen-bond acceptors (Lipinski definition) is 4. The smallest absolute Gasteiger partial charge is 0.244 e. The molecule has 1 fully saturated rings. The summed E-state index contributed by atoms with van der Waals surface area (Å²) in [5, 5.41) is 16.9. The van der Waals surface area contributed by atoms with E-state index in [9.17, 15) is 9.90 Å². The Morgan fingerprint density at radius 1 is 1.35 bits per heavy atom.